The predicted molar refractivity (Wildman–Crippen MR) is 63.3 cm³/mol. The van der Waals surface area contributed by atoms with Gasteiger partial charge in [-0.05, 0) is 0 Å². The zero-order valence-corrected chi connectivity index (χ0v) is 10.8. The molecule has 0 bridgehead atoms. The SMILES string of the molecule is COCCNC(=O)CCN1C(=O)CC(SF)C1=O. The topological polar surface area (TPSA) is 75.7 Å². The molecule has 3 amide bonds. The van der Waals surface area contributed by atoms with Crippen LogP contribution in [-0.4, -0.2) is 54.7 Å². The molecule has 1 rings (SSSR count). The average molecular weight is 278 g/mol. The summed E-state index contributed by atoms with van der Waals surface area (Å²) in [4.78, 5) is 35.2. The van der Waals surface area contributed by atoms with E-state index in [4.69, 9.17) is 4.74 Å². The van der Waals surface area contributed by atoms with Crippen molar-refractivity contribution in [3.05, 3.63) is 0 Å². The molecule has 6 nitrogen and oxygen atoms in total. The van der Waals surface area contributed by atoms with E-state index in [2.05, 4.69) is 5.32 Å². The summed E-state index contributed by atoms with van der Waals surface area (Å²) < 4.78 is 17.1. The molecule has 0 saturated carbocycles. The first kappa shape index (κ1) is 14.9. The van der Waals surface area contributed by atoms with Crippen LogP contribution in [0.4, 0.5) is 3.89 Å². The van der Waals surface area contributed by atoms with Crippen LogP contribution in [0.25, 0.3) is 0 Å². The number of carbonyl (C=O) groups is 3. The minimum absolute atomic E-state index is 0.00641. The summed E-state index contributed by atoms with van der Waals surface area (Å²) in [6.07, 6.45) is -0.115. The molecular weight excluding hydrogens is 263 g/mol. The molecule has 1 unspecified atom stereocenters. The van der Waals surface area contributed by atoms with Crippen molar-refractivity contribution in [1.29, 1.82) is 0 Å². The summed E-state index contributed by atoms with van der Waals surface area (Å²) in [7, 11) is 1.52. The first-order chi connectivity index (χ1) is 8.60. The maximum absolute atomic E-state index is 12.3. The summed E-state index contributed by atoms with van der Waals surface area (Å²) >= 11 is -0.130. The molecule has 0 aliphatic carbocycles. The molecule has 18 heavy (non-hydrogen) atoms. The van der Waals surface area contributed by atoms with Crippen LogP contribution in [0.3, 0.4) is 0 Å². The molecule has 1 atom stereocenters. The van der Waals surface area contributed by atoms with Crippen LogP contribution in [0.2, 0.25) is 0 Å². The van der Waals surface area contributed by atoms with E-state index in [9.17, 15) is 18.3 Å². The Morgan fingerprint density at radius 1 is 1.61 bits per heavy atom. The van der Waals surface area contributed by atoms with E-state index in [0.717, 1.165) is 4.90 Å². The molecular formula is C10H15FN2O4S. The van der Waals surface area contributed by atoms with Crippen molar-refractivity contribution in [2.75, 3.05) is 26.8 Å². The van der Waals surface area contributed by atoms with Gasteiger partial charge >= 0.3 is 0 Å². The number of imide groups is 1. The van der Waals surface area contributed by atoms with Gasteiger partial charge in [0.25, 0.3) is 0 Å². The van der Waals surface area contributed by atoms with Gasteiger partial charge in [0, 0.05) is 26.6 Å². The van der Waals surface area contributed by atoms with Gasteiger partial charge in [0.05, 0.1) is 25.2 Å². The zero-order valence-electron chi connectivity index (χ0n) is 9.98. The molecule has 0 spiro atoms. The number of ether oxygens (including phenoxy) is 1. The molecule has 1 heterocycles. The second-order valence-electron chi connectivity index (χ2n) is 3.76. The second kappa shape index (κ2) is 7.32. The minimum Gasteiger partial charge on any atom is -0.383 e. The van der Waals surface area contributed by atoms with Crippen LogP contribution in [0, 0.1) is 0 Å². The maximum atomic E-state index is 12.3. The third kappa shape index (κ3) is 3.95. The van der Waals surface area contributed by atoms with Crippen LogP contribution in [0.1, 0.15) is 12.8 Å². The zero-order chi connectivity index (χ0) is 13.5. The molecule has 102 valence electrons. The van der Waals surface area contributed by atoms with Crippen molar-refractivity contribution in [2.24, 2.45) is 0 Å². The van der Waals surface area contributed by atoms with Crippen molar-refractivity contribution in [3.63, 3.8) is 0 Å². The number of methoxy groups -OCH3 is 1. The van der Waals surface area contributed by atoms with Gasteiger partial charge in [-0.25, -0.2) is 0 Å². The molecule has 0 aromatic carbocycles. The molecule has 1 aliphatic heterocycles. The highest BCUT2D eigenvalue weighted by Gasteiger charge is 2.39. The second-order valence-corrected chi connectivity index (χ2v) is 4.51. The lowest BCUT2D eigenvalue weighted by molar-refractivity contribution is -0.138. The summed E-state index contributed by atoms with van der Waals surface area (Å²) in [6.45, 7) is 0.765. The predicted octanol–water partition coefficient (Wildman–Crippen LogP) is -0.116. The van der Waals surface area contributed by atoms with Gasteiger partial charge in [-0.1, -0.05) is 0 Å². The van der Waals surface area contributed by atoms with Gasteiger partial charge < -0.3 is 10.1 Å². The van der Waals surface area contributed by atoms with E-state index >= 15 is 0 Å². The highest BCUT2D eigenvalue weighted by atomic mass is 32.2. The molecule has 1 fully saturated rings. The molecule has 1 saturated heterocycles. The molecule has 0 radical (unpaired) electrons. The minimum atomic E-state index is -0.950. The normalized spacial score (nSPS) is 19.4. The molecule has 8 heteroatoms. The summed E-state index contributed by atoms with van der Waals surface area (Å²) in [5, 5.41) is 1.62. The number of hydrogen-bond donors (Lipinski definition) is 1. The highest BCUT2D eigenvalue weighted by Crippen LogP contribution is 2.25. The number of amides is 3. The molecule has 1 N–H and O–H groups in total. The number of hydrogen-bond acceptors (Lipinski definition) is 5. The Balaban J connectivity index is 2.32. The van der Waals surface area contributed by atoms with Gasteiger partial charge in [0.2, 0.25) is 17.7 Å². The lowest BCUT2D eigenvalue weighted by Crippen LogP contribution is -2.36. The van der Waals surface area contributed by atoms with E-state index in [1.165, 1.54) is 7.11 Å². The lowest BCUT2D eigenvalue weighted by Gasteiger charge is -2.13. The number of likely N-dealkylation sites (tertiary alicyclic amines) is 1. The van der Waals surface area contributed by atoms with E-state index in [-0.39, 0.29) is 37.4 Å². The van der Waals surface area contributed by atoms with Crippen molar-refractivity contribution in [2.45, 2.75) is 18.1 Å². The Hall–Kier alpha value is -1.15. The maximum Gasteiger partial charge on any atom is 0.245 e. The lowest BCUT2D eigenvalue weighted by atomic mass is 10.3. The number of halogens is 1. The van der Waals surface area contributed by atoms with Crippen LogP contribution < -0.4 is 5.32 Å². The van der Waals surface area contributed by atoms with Crippen molar-refractivity contribution in [1.82, 2.24) is 10.2 Å². The Morgan fingerprint density at radius 3 is 2.89 bits per heavy atom. The van der Waals surface area contributed by atoms with Gasteiger partial charge in [-0.3, -0.25) is 19.3 Å². The Morgan fingerprint density at radius 2 is 2.33 bits per heavy atom. The molecule has 1 aliphatic rings. The van der Waals surface area contributed by atoms with Gasteiger partial charge in [-0.15, -0.1) is 0 Å². The standard InChI is InChI=1S/C10H15FN2O4S/c1-17-5-3-12-8(14)2-4-13-9(15)6-7(18-11)10(13)16/h7H,2-6H2,1H3,(H,12,14). The van der Waals surface area contributed by atoms with Crippen molar-refractivity contribution < 1.29 is 23.0 Å². The van der Waals surface area contributed by atoms with Gasteiger partial charge in [-0.2, -0.15) is 3.89 Å². The fourth-order valence-corrected chi connectivity index (χ4v) is 1.96. The summed E-state index contributed by atoms with van der Waals surface area (Å²) in [5.74, 6) is -1.26. The van der Waals surface area contributed by atoms with E-state index < -0.39 is 17.1 Å². The molecule has 0 aromatic heterocycles. The Bertz CT molecular complexity index is 340. The Labute approximate surface area is 109 Å². The third-order valence-corrected chi connectivity index (χ3v) is 3.08. The smallest absolute Gasteiger partial charge is 0.245 e. The highest BCUT2D eigenvalue weighted by molar-refractivity contribution is 7.95. The van der Waals surface area contributed by atoms with E-state index in [0.29, 0.717) is 13.2 Å². The fraction of sp³-hybridized carbons (Fsp3) is 0.700. The Kier molecular flexibility index (Phi) is 6.06. The number of nitrogens with zero attached hydrogens (tertiary/aromatic N) is 1. The monoisotopic (exact) mass is 278 g/mol. The number of nitrogens with one attached hydrogen (secondary N) is 1. The third-order valence-electron chi connectivity index (χ3n) is 2.50. The van der Waals surface area contributed by atoms with Crippen LogP contribution in [0.5, 0.6) is 0 Å². The summed E-state index contributed by atoms with van der Waals surface area (Å²) in [5.41, 5.74) is 0. The van der Waals surface area contributed by atoms with E-state index in [1.807, 2.05) is 0 Å². The quantitative estimate of drug-likeness (QED) is 0.519. The number of rotatable bonds is 7. The van der Waals surface area contributed by atoms with E-state index in [1.54, 1.807) is 0 Å². The first-order valence-electron chi connectivity index (χ1n) is 5.47. The largest absolute Gasteiger partial charge is 0.383 e. The van der Waals surface area contributed by atoms with Crippen LogP contribution in [0.15, 0.2) is 0 Å². The average Bonchev–Trinajstić information content (AvgIpc) is 2.62. The van der Waals surface area contributed by atoms with Gasteiger partial charge in [0.15, 0.2) is 0 Å². The molecule has 0 aromatic rings. The number of carbonyl (C=O) groups excluding carboxylic acids is 3. The van der Waals surface area contributed by atoms with Crippen molar-refractivity contribution in [3.8, 4) is 0 Å². The first-order valence-corrected chi connectivity index (χ1v) is 6.25. The van der Waals surface area contributed by atoms with Crippen LogP contribution in [-0.2, 0) is 19.1 Å². The van der Waals surface area contributed by atoms with Crippen molar-refractivity contribution >= 4 is 29.9 Å². The summed E-state index contributed by atoms with van der Waals surface area (Å²) in [6, 6.07) is 0. The van der Waals surface area contributed by atoms with Crippen LogP contribution >= 0.6 is 12.1 Å². The fourth-order valence-electron chi connectivity index (χ4n) is 1.55. The van der Waals surface area contributed by atoms with Gasteiger partial charge in [0.1, 0.15) is 5.25 Å².